The van der Waals surface area contributed by atoms with Gasteiger partial charge in [-0.1, -0.05) is 27.7 Å². The third-order valence-electron chi connectivity index (χ3n) is 6.30. The van der Waals surface area contributed by atoms with Crippen LogP contribution >= 0.6 is 0 Å². The van der Waals surface area contributed by atoms with Crippen molar-refractivity contribution in [2.24, 2.45) is 28.9 Å². The molecule has 3 N–H and O–H groups in total. The molecule has 5 nitrogen and oxygen atoms in total. The van der Waals surface area contributed by atoms with Crippen molar-refractivity contribution >= 4 is 13.1 Å². The van der Waals surface area contributed by atoms with Gasteiger partial charge in [0.15, 0.2) is 0 Å². The van der Waals surface area contributed by atoms with Gasteiger partial charge in [0.25, 0.3) is 0 Å². The van der Waals surface area contributed by atoms with Gasteiger partial charge in [-0.05, 0) is 49.4 Å². The van der Waals surface area contributed by atoms with Crippen molar-refractivity contribution in [3.63, 3.8) is 0 Å². The van der Waals surface area contributed by atoms with Crippen LogP contribution in [0.3, 0.4) is 0 Å². The Morgan fingerprint density at radius 3 is 2.27 bits per heavy atom. The molecule has 4 rings (SSSR count). The zero-order valence-corrected chi connectivity index (χ0v) is 16.0. The third kappa shape index (κ3) is 3.89. The van der Waals surface area contributed by atoms with Crippen LogP contribution in [0.15, 0.2) is 0 Å². The van der Waals surface area contributed by atoms with Crippen LogP contribution in [0.1, 0.15) is 53.9 Å². The molecule has 1 saturated heterocycles. The minimum Gasteiger partial charge on any atom is -0.475 e. The Hall–Kier alpha value is -0.795. The molecule has 4 aliphatic rings. The highest BCUT2D eigenvalue weighted by molar-refractivity contribution is 6.47. The van der Waals surface area contributed by atoms with Crippen molar-refractivity contribution < 1.29 is 32.4 Å². The summed E-state index contributed by atoms with van der Waals surface area (Å²) in [5.74, 6) is -0.739. The number of nitrogens with two attached hydrogens (primary N) is 1. The van der Waals surface area contributed by atoms with E-state index in [-0.39, 0.29) is 24.8 Å². The second-order valence-electron chi connectivity index (χ2n) is 8.93. The Labute approximate surface area is 152 Å². The summed E-state index contributed by atoms with van der Waals surface area (Å²) in [4.78, 5) is 8.90. The highest BCUT2D eigenvalue weighted by Crippen LogP contribution is 2.65. The lowest BCUT2D eigenvalue weighted by Gasteiger charge is -2.64. The number of aliphatic carboxylic acids is 1. The van der Waals surface area contributed by atoms with Crippen LogP contribution in [0.2, 0.25) is 0 Å². The fourth-order valence-corrected chi connectivity index (χ4v) is 4.74. The molecule has 26 heavy (non-hydrogen) atoms. The zero-order chi connectivity index (χ0) is 20.1. The minimum absolute atomic E-state index is 0.00253. The standard InChI is InChI=1S/C15H28BNO2.C2HF3O2/c1-9(2)6-13(17)16-18-12-8-10-7-11(14(10,3)4)15(12,5)19-16;3-2(4,5)1(6)7/h9-13H,6-8,17H2,1-5H3;(H,6,7)/t10-,11-,12+,13-,15-;/m1./s1. The van der Waals surface area contributed by atoms with Crippen LogP contribution in [0.5, 0.6) is 0 Å². The van der Waals surface area contributed by atoms with Gasteiger partial charge in [-0.25, -0.2) is 4.79 Å². The second kappa shape index (κ2) is 6.98. The Kier molecular flexibility index (Phi) is 5.77. The number of alkyl halides is 3. The van der Waals surface area contributed by atoms with E-state index in [1.807, 2.05) is 0 Å². The fraction of sp³-hybridized carbons (Fsp3) is 0.941. The summed E-state index contributed by atoms with van der Waals surface area (Å²) < 4.78 is 44.3. The Morgan fingerprint density at radius 1 is 1.31 bits per heavy atom. The van der Waals surface area contributed by atoms with Crippen LogP contribution in [0.4, 0.5) is 13.2 Å². The molecule has 3 aliphatic carbocycles. The van der Waals surface area contributed by atoms with Crippen molar-refractivity contribution in [3.8, 4) is 0 Å². The van der Waals surface area contributed by atoms with Crippen LogP contribution in [-0.2, 0) is 14.1 Å². The molecule has 5 atom stereocenters. The first-order valence-corrected chi connectivity index (χ1v) is 9.08. The zero-order valence-electron chi connectivity index (χ0n) is 16.0. The molecule has 0 aromatic heterocycles. The molecule has 3 saturated carbocycles. The number of carboxylic acids is 1. The third-order valence-corrected chi connectivity index (χ3v) is 6.30. The van der Waals surface area contributed by atoms with Crippen molar-refractivity contribution in [1.82, 2.24) is 0 Å². The topological polar surface area (TPSA) is 81.8 Å². The van der Waals surface area contributed by atoms with Crippen LogP contribution in [-0.4, -0.2) is 42.0 Å². The maximum absolute atomic E-state index is 10.6. The van der Waals surface area contributed by atoms with Gasteiger partial charge in [0.05, 0.1) is 11.7 Å². The summed E-state index contributed by atoms with van der Waals surface area (Å²) in [7, 11) is -0.201. The van der Waals surface area contributed by atoms with Crippen molar-refractivity contribution in [3.05, 3.63) is 0 Å². The molecule has 9 heteroatoms. The summed E-state index contributed by atoms with van der Waals surface area (Å²) in [5, 5.41) is 7.12. The summed E-state index contributed by atoms with van der Waals surface area (Å²) >= 11 is 0. The highest BCUT2D eigenvalue weighted by atomic mass is 19.4. The molecule has 1 heterocycles. The molecule has 0 amide bonds. The number of hydrogen-bond donors (Lipinski definition) is 2. The van der Waals surface area contributed by atoms with E-state index in [9.17, 15) is 13.2 Å². The predicted molar refractivity (Wildman–Crippen MR) is 91.2 cm³/mol. The quantitative estimate of drug-likeness (QED) is 0.736. The largest absolute Gasteiger partial charge is 0.490 e. The fourth-order valence-electron chi connectivity index (χ4n) is 4.74. The number of carbonyl (C=O) groups is 1. The predicted octanol–water partition coefficient (Wildman–Crippen LogP) is 3.26. The first-order valence-electron chi connectivity index (χ1n) is 9.08. The Morgan fingerprint density at radius 2 is 1.85 bits per heavy atom. The average Bonchev–Trinajstić information content (AvgIpc) is 2.83. The lowest BCUT2D eigenvalue weighted by molar-refractivity contribution is -0.199. The van der Waals surface area contributed by atoms with Gasteiger partial charge in [0, 0.05) is 5.94 Å². The SMILES string of the molecule is CC(C)C[C@@H](N)B1O[C@H]2C[C@H]3C[C@H](C3(C)C)[C@@]2(C)O1.O=C(O)C(F)(F)F. The van der Waals surface area contributed by atoms with Gasteiger partial charge < -0.3 is 20.1 Å². The number of halogens is 3. The molecule has 0 radical (unpaired) electrons. The summed E-state index contributed by atoms with van der Waals surface area (Å²) in [6.45, 7) is 11.4. The van der Waals surface area contributed by atoms with E-state index >= 15 is 0 Å². The molecule has 0 aromatic carbocycles. The van der Waals surface area contributed by atoms with E-state index < -0.39 is 12.1 Å². The molecule has 2 bridgehead atoms. The first-order chi connectivity index (χ1) is 11.7. The maximum atomic E-state index is 10.6. The van der Waals surface area contributed by atoms with Gasteiger partial charge in [0.1, 0.15) is 0 Å². The minimum atomic E-state index is -5.08. The van der Waals surface area contributed by atoms with Gasteiger partial charge in [0.2, 0.25) is 0 Å². The van der Waals surface area contributed by atoms with Crippen LogP contribution in [0.25, 0.3) is 0 Å². The highest BCUT2D eigenvalue weighted by Gasteiger charge is 2.68. The lowest BCUT2D eigenvalue weighted by Crippen LogP contribution is -2.65. The van der Waals surface area contributed by atoms with E-state index in [4.69, 9.17) is 24.9 Å². The summed E-state index contributed by atoms with van der Waals surface area (Å²) in [6.07, 6.45) is -1.42. The van der Waals surface area contributed by atoms with Crippen molar-refractivity contribution in [1.29, 1.82) is 0 Å². The molecular formula is C17H29BF3NO4. The van der Waals surface area contributed by atoms with E-state index in [0.717, 1.165) is 18.8 Å². The average molecular weight is 379 g/mol. The van der Waals surface area contributed by atoms with E-state index in [0.29, 0.717) is 17.3 Å². The van der Waals surface area contributed by atoms with E-state index in [1.165, 1.54) is 6.42 Å². The smallest absolute Gasteiger partial charge is 0.475 e. The van der Waals surface area contributed by atoms with Crippen LogP contribution in [0, 0.1) is 23.2 Å². The molecule has 0 unspecified atom stereocenters. The van der Waals surface area contributed by atoms with Gasteiger partial charge in [-0.15, -0.1) is 0 Å². The van der Waals surface area contributed by atoms with Gasteiger partial charge in [-0.2, -0.15) is 13.2 Å². The molecule has 4 fully saturated rings. The first kappa shape index (κ1) is 21.5. The van der Waals surface area contributed by atoms with Crippen molar-refractivity contribution in [2.75, 3.05) is 0 Å². The second-order valence-corrected chi connectivity index (χ2v) is 8.93. The molecule has 0 spiro atoms. The Balaban J connectivity index is 0.000000298. The normalized spacial score (nSPS) is 35.9. The Bertz CT molecular complexity index is 543. The van der Waals surface area contributed by atoms with E-state index in [2.05, 4.69) is 34.6 Å². The van der Waals surface area contributed by atoms with Gasteiger partial charge in [-0.3, -0.25) is 0 Å². The monoisotopic (exact) mass is 379 g/mol. The van der Waals surface area contributed by atoms with Gasteiger partial charge >= 0.3 is 19.3 Å². The van der Waals surface area contributed by atoms with Crippen LogP contribution < -0.4 is 5.73 Å². The maximum Gasteiger partial charge on any atom is 0.490 e. The molecular weight excluding hydrogens is 350 g/mol. The van der Waals surface area contributed by atoms with Crippen molar-refractivity contribution in [2.45, 2.75) is 77.7 Å². The lowest BCUT2D eigenvalue weighted by atomic mass is 9.43. The number of carboxylic acid groups (broad SMARTS) is 1. The molecule has 0 aromatic rings. The van der Waals surface area contributed by atoms with E-state index in [1.54, 1.807) is 0 Å². The molecule has 150 valence electrons. The summed E-state index contributed by atoms with van der Waals surface area (Å²) in [6, 6.07) is 0. The summed E-state index contributed by atoms with van der Waals surface area (Å²) in [5.41, 5.74) is 6.56. The molecule has 1 aliphatic heterocycles. The number of rotatable bonds is 3. The number of hydrogen-bond acceptors (Lipinski definition) is 4.